The van der Waals surface area contributed by atoms with Crippen molar-refractivity contribution in [2.45, 2.75) is 12.8 Å². The van der Waals surface area contributed by atoms with E-state index in [4.69, 9.17) is 0 Å². The molecule has 0 amide bonds. The molecular weight excluding hydrogens is 136 g/mol. The lowest BCUT2D eigenvalue weighted by Gasteiger charge is -1.85. The van der Waals surface area contributed by atoms with Gasteiger partial charge in [0, 0.05) is 12.2 Å². The second kappa shape index (κ2) is 3.01. The van der Waals surface area contributed by atoms with Gasteiger partial charge in [-0.15, -0.1) is 0 Å². The first-order valence-corrected chi connectivity index (χ1v) is 3.82. The summed E-state index contributed by atoms with van der Waals surface area (Å²) in [6.07, 6.45) is 2.57. The number of hydrogen-bond donors (Lipinski definition) is 0. The number of carbonyl (C=O) groups is 2. The fourth-order valence-corrected chi connectivity index (χ4v) is 1.37. The van der Waals surface area contributed by atoms with Crippen LogP contribution < -0.4 is 0 Å². The van der Waals surface area contributed by atoms with Gasteiger partial charge in [-0.1, -0.05) is 11.8 Å². The van der Waals surface area contributed by atoms with Crippen molar-refractivity contribution in [2.24, 2.45) is 0 Å². The van der Waals surface area contributed by atoms with E-state index in [2.05, 4.69) is 0 Å². The van der Waals surface area contributed by atoms with Crippen LogP contribution in [0.1, 0.15) is 12.8 Å². The van der Waals surface area contributed by atoms with Crippen molar-refractivity contribution in [3.8, 4) is 0 Å². The van der Waals surface area contributed by atoms with E-state index in [-0.39, 0.29) is 10.9 Å². The van der Waals surface area contributed by atoms with Gasteiger partial charge in [0.05, 0.1) is 0 Å². The average Bonchev–Trinajstić information content (AvgIpc) is 1.93. The standard InChI is InChI=1S/C6H7O2S/c7-5-2-1-3-9-6(8)4-5/h4H,1-3H2. The molecule has 0 aliphatic carbocycles. The Morgan fingerprint density at radius 1 is 1.44 bits per heavy atom. The summed E-state index contributed by atoms with van der Waals surface area (Å²) in [6.45, 7) is 0. The van der Waals surface area contributed by atoms with Crippen LogP contribution in [-0.2, 0) is 9.59 Å². The zero-order chi connectivity index (χ0) is 6.69. The zero-order valence-corrected chi connectivity index (χ0v) is 5.74. The van der Waals surface area contributed by atoms with E-state index in [1.807, 2.05) is 0 Å². The van der Waals surface area contributed by atoms with Gasteiger partial charge in [-0.25, -0.2) is 0 Å². The van der Waals surface area contributed by atoms with E-state index < -0.39 is 0 Å². The van der Waals surface area contributed by atoms with Crippen LogP contribution in [0.25, 0.3) is 0 Å². The van der Waals surface area contributed by atoms with Gasteiger partial charge in [-0.05, 0) is 6.42 Å². The third-order valence-corrected chi connectivity index (χ3v) is 1.99. The molecule has 49 valence electrons. The highest BCUT2D eigenvalue weighted by Crippen LogP contribution is 2.14. The number of carbonyl (C=O) groups excluding carboxylic acids is 2. The van der Waals surface area contributed by atoms with Crippen molar-refractivity contribution in [3.05, 3.63) is 6.42 Å². The lowest BCUT2D eigenvalue weighted by atomic mass is 10.2. The van der Waals surface area contributed by atoms with Crippen molar-refractivity contribution in [3.63, 3.8) is 0 Å². The quantitative estimate of drug-likeness (QED) is 0.503. The van der Waals surface area contributed by atoms with Crippen LogP contribution >= 0.6 is 11.8 Å². The molecule has 1 aliphatic rings. The topological polar surface area (TPSA) is 34.1 Å². The molecule has 0 N–H and O–H groups in total. The number of ketones is 1. The number of Topliss-reactive ketones (excluding diaryl/α,β-unsaturated/α-hetero) is 1. The Kier molecular flexibility index (Phi) is 2.28. The summed E-state index contributed by atoms with van der Waals surface area (Å²) in [4.78, 5) is 21.2. The molecular formula is C6H7O2S. The minimum atomic E-state index is -0.0856. The summed E-state index contributed by atoms with van der Waals surface area (Å²) in [7, 11) is 0. The van der Waals surface area contributed by atoms with Gasteiger partial charge in [-0.3, -0.25) is 9.59 Å². The van der Waals surface area contributed by atoms with Crippen LogP contribution in [0.3, 0.4) is 0 Å². The summed E-state index contributed by atoms with van der Waals surface area (Å²) in [5, 5.41) is -0.0856. The highest BCUT2D eigenvalue weighted by atomic mass is 32.2. The summed E-state index contributed by atoms with van der Waals surface area (Å²) >= 11 is 1.23. The molecule has 9 heavy (non-hydrogen) atoms. The van der Waals surface area contributed by atoms with Crippen molar-refractivity contribution in [2.75, 3.05) is 5.75 Å². The molecule has 0 saturated carbocycles. The lowest BCUT2D eigenvalue weighted by Crippen LogP contribution is -2.00. The van der Waals surface area contributed by atoms with Gasteiger partial charge >= 0.3 is 0 Å². The van der Waals surface area contributed by atoms with Gasteiger partial charge in [0.1, 0.15) is 12.2 Å². The van der Waals surface area contributed by atoms with E-state index in [9.17, 15) is 9.59 Å². The minimum Gasteiger partial charge on any atom is -0.299 e. The van der Waals surface area contributed by atoms with Gasteiger partial charge in [-0.2, -0.15) is 0 Å². The second-order valence-electron chi connectivity index (χ2n) is 1.88. The van der Waals surface area contributed by atoms with Gasteiger partial charge in [0.25, 0.3) is 0 Å². The van der Waals surface area contributed by atoms with E-state index in [1.54, 1.807) is 0 Å². The average molecular weight is 143 g/mol. The normalized spacial score (nSPS) is 21.8. The van der Waals surface area contributed by atoms with E-state index >= 15 is 0 Å². The Labute approximate surface area is 58.0 Å². The molecule has 0 spiro atoms. The minimum absolute atomic E-state index is 0.0231. The first-order chi connectivity index (χ1) is 4.29. The van der Waals surface area contributed by atoms with Crippen LogP contribution in [0, 0.1) is 6.42 Å². The molecule has 0 unspecified atom stereocenters. The molecule has 1 aliphatic heterocycles. The van der Waals surface area contributed by atoms with Crippen LogP contribution in [-0.4, -0.2) is 16.7 Å². The Balaban J connectivity index is 2.47. The number of rotatable bonds is 0. The highest BCUT2D eigenvalue weighted by molar-refractivity contribution is 8.14. The third kappa shape index (κ3) is 2.18. The van der Waals surface area contributed by atoms with Gasteiger partial charge < -0.3 is 0 Å². The molecule has 0 aromatic carbocycles. The van der Waals surface area contributed by atoms with Crippen LogP contribution in [0.15, 0.2) is 0 Å². The SMILES string of the molecule is O=C1[CH]C(=O)SCCC1. The predicted molar refractivity (Wildman–Crippen MR) is 36.0 cm³/mol. The molecule has 0 atom stereocenters. The molecule has 1 rings (SSSR count). The summed E-state index contributed by atoms with van der Waals surface area (Å²) in [5.74, 6) is 0.770. The van der Waals surface area contributed by atoms with Crippen molar-refractivity contribution in [1.29, 1.82) is 0 Å². The van der Waals surface area contributed by atoms with Crippen LogP contribution in [0.4, 0.5) is 0 Å². The molecule has 3 heteroatoms. The Morgan fingerprint density at radius 3 is 3.00 bits per heavy atom. The summed E-state index contributed by atoms with van der Waals surface area (Å²) in [5.41, 5.74) is 0. The molecule has 1 saturated heterocycles. The Bertz CT molecular complexity index is 126. The zero-order valence-electron chi connectivity index (χ0n) is 4.92. The maximum atomic E-state index is 10.6. The Morgan fingerprint density at radius 2 is 2.22 bits per heavy atom. The van der Waals surface area contributed by atoms with E-state index in [1.165, 1.54) is 18.2 Å². The molecule has 2 nitrogen and oxygen atoms in total. The maximum Gasteiger partial charge on any atom is 0.200 e. The molecule has 0 aromatic heterocycles. The second-order valence-corrected chi connectivity index (χ2v) is 2.98. The largest absolute Gasteiger partial charge is 0.299 e. The third-order valence-electron chi connectivity index (χ3n) is 1.09. The van der Waals surface area contributed by atoms with Gasteiger partial charge in [0.2, 0.25) is 5.12 Å². The lowest BCUT2D eigenvalue weighted by molar-refractivity contribution is -0.118. The van der Waals surface area contributed by atoms with Crippen molar-refractivity contribution >= 4 is 22.7 Å². The fraction of sp³-hybridized carbons (Fsp3) is 0.500. The fourth-order valence-electron chi connectivity index (χ4n) is 0.664. The van der Waals surface area contributed by atoms with E-state index in [0.717, 1.165) is 12.2 Å². The molecule has 1 heterocycles. The summed E-state index contributed by atoms with van der Waals surface area (Å²) in [6, 6.07) is 0. The van der Waals surface area contributed by atoms with Crippen molar-refractivity contribution < 1.29 is 9.59 Å². The van der Waals surface area contributed by atoms with E-state index in [0.29, 0.717) is 6.42 Å². The molecule has 0 aromatic rings. The first kappa shape index (κ1) is 6.81. The first-order valence-electron chi connectivity index (χ1n) is 2.83. The number of thioether (sulfide) groups is 1. The predicted octanol–water partition coefficient (Wildman–Crippen LogP) is 0.813. The summed E-state index contributed by atoms with van der Waals surface area (Å²) < 4.78 is 0. The monoisotopic (exact) mass is 143 g/mol. The Hall–Kier alpha value is -0.310. The van der Waals surface area contributed by atoms with Crippen molar-refractivity contribution in [1.82, 2.24) is 0 Å². The molecule has 1 fully saturated rings. The number of hydrogen-bond acceptors (Lipinski definition) is 3. The molecule has 1 radical (unpaired) electrons. The highest BCUT2D eigenvalue weighted by Gasteiger charge is 2.14. The smallest absolute Gasteiger partial charge is 0.200 e. The van der Waals surface area contributed by atoms with Crippen LogP contribution in [0.5, 0.6) is 0 Å². The maximum absolute atomic E-state index is 10.6. The van der Waals surface area contributed by atoms with Crippen LogP contribution in [0.2, 0.25) is 0 Å². The van der Waals surface area contributed by atoms with Gasteiger partial charge in [0.15, 0.2) is 0 Å². The molecule has 0 bridgehead atoms.